The van der Waals surface area contributed by atoms with Gasteiger partial charge in [-0.3, -0.25) is 4.90 Å². The van der Waals surface area contributed by atoms with Gasteiger partial charge in [-0.15, -0.1) is 0 Å². The van der Waals surface area contributed by atoms with Crippen LogP contribution in [-0.4, -0.2) is 45.4 Å². The molecule has 1 aromatic heterocycles. The molecule has 0 amide bonds. The van der Waals surface area contributed by atoms with E-state index in [9.17, 15) is 5.11 Å². The molecule has 2 atom stereocenters. The van der Waals surface area contributed by atoms with Gasteiger partial charge in [0.2, 0.25) is 0 Å². The van der Waals surface area contributed by atoms with Crippen LogP contribution in [0.15, 0.2) is 41.8 Å². The van der Waals surface area contributed by atoms with Crippen LogP contribution in [0.3, 0.4) is 0 Å². The average Bonchev–Trinajstić information content (AvgIpc) is 2.92. The van der Waals surface area contributed by atoms with E-state index in [0.717, 1.165) is 54.3 Å². The number of hydrogen-bond donors (Lipinski definition) is 1. The van der Waals surface area contributed by atoms with Gasteiger partial charge in [-0.1, -0.05) is 23.9 Å². The number of fused-ring (bicyclic) bond motifs is 2. The lowest BCUT2D eigenvalue weighted by Crippen LogP contribution is -2.49. The van der Waals surface area contributed by atoms with Crippen LogP contribution in [-0.2, 0) is 12.1 Å². The van der Waals surface area contributed by atoms with Crippen molar-refractivity contribution < 1.29 is 9.84 Å². The van der Waals surface area contributed by atoms with Crippen molar-refractivity contribution in [3.05, 3.63) is 47.8 Å². The minimum atomic E-state index is -0.742. The van der Waals surface area contributed by atoms with Crippen molar-refractivity contribution in [2.24, 2.45) is 0 Å². The Morgan fingerprint density at radius 2 is 1.77 bits per heavy atom. The van der Waals surface area contributed by atoms with Gasteiger partial charge in [0.15, 0.2) is 5.16 Å². The molecule has 4 rings (SSSR count). The molecule has 2 aromatic rings. The Kier molecular flexibility index (Phi) is 4.90. The lowest BCUT2D eigenvalue weighted by atomic mass is 9.80. The Hall–Kier alpha value is -1.63. The van der Waals surface area contributed by atoms with E-state index in [1.807, 2.05) is 42.9 Å². The summed E-state index contributed by atoms with van der Waals surface area (Å²) in [5.74, 6) is 0.825. The highest BCUT2D eigenvalue weighted by molar-refractivity contribution is 7.98. The van der Waals surface area contributed by atoms with Crippen LogP contribution in [0.1, 0.15) is 36.8 Å². The van der Waals surface area contributed by atoms with E-state index in [1.54, 1.807) is 18.9 Å². The van der Waals surface area contributed by atoms with Crippen LogP contribution in [0, 0.1) is 0 Å². The Bertz CT molecular complexity index is 737. The summed E-state index contributed by atoms with van der Waals surface area (Å²) in [6.07, 6.45) is 9.70. The highest BCUT2D eigenvalue weighted by atomic mass is 32.2. The predicted molar refractivity (Wildman–Crippen MR) is 102 cm³/mol. The molecule has 2 saturated heterocycles. The van der Waals surface area contributed by atoms with Crippen LogP contribution in [0.5, 0.6) is 5.75 Å². The maximum absolute atomic E-state index is 11.3. The molecule has 5 nitrogen and oxygen atoms in total. The van der Waals surface area contributed by atoms with Gasteiger partial charge < -0.3 is 9.84 Å². The van der Waals surface area contributed by atoms with E-state index in [4.69, 9.17) is 4.74 Å². The monoisotopic (exact) mass is 371 g/mol. The summed E-state index contributed by atoms with van der Waals surface area (Å²) in [6, 6.07) is 8.69. The molecule has 2 bridgehead atoms. The van der Waals surface area contributed by atoms with E-state index in [1.165, 1.54) is 0 Å². The smallest absolute Gasteiger partial charge is 0.187 e. The maximum Gasteiger partial charge on any atom is 0.187 e. The van der Waals surface area contributed by atoms with Gasteiger partial charge in [-0.2, -0.15) is 0 Å². The molecular formula is C20H25N3O2S. The third kappa shape index (κ3) is 3.33. The number of methoxy groups -OCH3 is 1. The predicted octanol–water partition coefficient (Wildman–Crippen LogP) is 3.22. The second-order valence-corrected chi connectivity index (χ2v) is 8.08. The standard InChI is InChI=1S/C20H25N3O2S/c1-25-18-7-3-15(4-8-18)20(24)9-16-5-6-17(10-20)23(16)13-14-11-21-19(26-2)22-12-14/h3-4,7-8,11-12,16-17,24H,5-6,9-10,13H2,1-2H3/t16-,17-/m1/s1. The fourth-order valence-corrected chi connectivity index (χ4v) is 4.77. The van der Waals surface area contributed by atoms with Crippen molar-refractivity contribution >= 4 is 11.8 Å². The summed E-state index contributed by atoms with van der Waals surface area (Å²) in [7, 11) is 1.66. The summed E-state index contributed by atoms with van der Waals surface area (Å²) < 4.78 is 5.24. The number of thioether (sulfide) groups is 1. The topological polar surface area (TPSA) is 58.5 Å². The molecule has 1 aromatic carbocycles. The third-order valence-electron chi connectivity index (χ3n) is 5.77. The fourth-order valence-electron chi connectivity index (χ4n) is 4.45. The number of hydrogen-bond acceptors (Lipinski definition) is 6. The van der Waals surface area contributed by atoms with Crippen LogP contribution in [0.25, 0.3) is 0 Å². The summed E-state index contributed by atoms with van der Waals surface area (Å²) in [5.41, 5.74) is 1.41. The Labute approximate surface area is 158 Å². The van der Waals surface area contributed by atoms with Crippen molar-refractivity contribution in [3.8, 4) is 5.75 Å². The van der Waals surface area contributed by atoms with Gasteiger partial charge in [0.25, 0.3) is 0 Å². The molecule has 3 heterocycles. The van der Waals surface area contributed by atoms with Gasteiger partial charge in [0, 0.05) is 36.6 Å². The molecule has 26 heavy (non-hydrogen) atoms. The van der Waals surface area contributed by atoms with Crippen molar-refractivity contribution in [3.63, 3.8) is 0 Å². The Balaban J connectivity index is 1.49. The first-order chi connectivity index (χ1) is 12.6. The zero-order chi connectivity index (χ0) is 18.1. The highest BCUT2D eigenvalue weighted by Gasteiger charge is 2.48. The molecule has 0 aliphatic carbocycles. The van der Waals surface area contributed by atoms with E-state index in [0.29, 0.717) is 12.1 Å². The number of rotatable bonds is 5. The number of aliphatic hydroxyl groups is 1. The van der Waals surface area contributed by atoms with E-state index in [2.05, 4.69) is 14.9 Å². The number of benzene rings is 1. The molecule has 1 N–H and O–H groups in total. The van der Waals surface area contributed by atoms with Gasteiger partial charge >= 0.3 is 0 Å². The van der Waals surface area contributed by atoms with Gasteiger partial charge in [0.05, 0.1) is 12.7 Å². The molecular weight excluding hydrogens is 346 g/mol. The second-order valence-electron chi connectivity index (χ2n) is 7.30. The summed E-state index contributed by atoms with van der Waals surface area (Å²) >= 11 is 1.56. The van der Waals surface area contributed by atoms with Crippen molar-refractivity contribution in [2.75, 3.05) is 13.4 Å². The minimum absolute atomic E-state index is 0.404. The molecule has 6 heteroatoms. The molecule has 2 aliphatic heterocycles. The molecule has 0 radical (unpaired) electrons. The number of nitrogens with zero attached hydrogens (tertiary/aromatic N) is 3. The SMILES string of the molecule is COc1ccc(C2(O)C[C@H]3CC[C@H](C2)N3Cc2cnc(SC)nc2)cc1. The Morgan fingerprint density at radius 1 is 1.15 bits per heavy atom. The van der Waals surface area contributed by atoms with Gasteiger partial charge in [0.1, 0.15) is 5.75 Å². The average molecular weight is 372 g/mol. The van der Waals surface area contributed by atoms with Gasteiger partial charge in [-0.25, -0.2) is 9.97 Å². The van der Waals surface area contributed by atoms with E-state index in [-0.39, 0.29) is 0 Å². The first kappa shape index (κ1) is 17.8. The molecule has 2 fully saturated rings. The lowest BCUT2D eigenvalue weighted by molar-refractivity contribution is -0.0595. The fraction of sp³-hybridized carbons (Fsp3) is 0.500. The largest absolute Gasteiger partial charge is 0.497 e. The zero-order valence-electron chi connectivity index (χ0n) is 15.3. The van der Waals surface area contributed by atoms with Crippen LogP contribution in [0.4, 0.5) is 0 Å². The normalized spacial score (nSPS) is 28.3. The lowest BCUT2D eigenvalue weighted by Gasteiger charge is -2.44. The zero-order valence-corrected chi connectivity index (χ0v) is 16.1. The summed E-state index contributed by atoms with van der Waals surface area (Å²) in [6.45, 7) is 0.864. The van der Waals surface area contributed by atoms with E-state index >= 15 is 0 Å². The highest BCUT2D eigenvalue weighted by Crippen LogP contribution is 2.46. The molecule has 0 unspecified atom stereocenters. The van der Waals surface area contributed by atoms with Gasteiger partial charge in [-0.05, 0) is 49.6 Å². The third-order valence-corrected chi connectivity index (χ3v) is 6.35. The number of ether oxygens (including phenoxy) is 1. The Morgan fingerprint density at radius 3 is 2.31 bits per heavy atom. The summed E-state index contributed by atoms with van der Waals surface area (Å²) in [4.78, 5) is 11.3. The molecule has 2 aliphatic rings. The van der Waals surface area contributed by atoms with Crippen LogP contribution in [0.2, 0.25) is 0 Å². The second kappa shape index (κ2) is 7.18. The van der Waals surface area contributed by atoms with Crippen LogP contribution >= 0.6 is 11.8 Å². The molecule has 0 spiro atoms. The van der Waals surface area contributed by atoms with Crippen LogP contribution < -0.4 is 4.74 Å². The summed E-state index contributed by atoms with van der Waals surface area (Å²) in [5, 5.41) is 12.2. The van der Waals surface area contributed by atoms with Crippen molar-refractivity contribution in [1.82, 2.24) is 14.9 Å². The van der Waals surface area contributed by atoms with Crippen molar-refractivity contribution in [2.45, 2.75) is 55.1 Å². The first-order valence-corrected chi connectivity index (χ1v) is 10.3. The van der Waals surface area contributed by atoms with Crippen molar-refractivity contribution in [1.29, 1.82) is 0 Å². The number of aromatic nitrogens is 2. The first-order valence-electron chi connectivity index (χ1n) is 9.09. The van der Waals surface area contributed by atoms with E-state index < -0.39 is 5.60 Å². The molecule has 0 saturated carbocycles. The number of piperidine rings is 1. The quantitative estimate of drug-likeness (QED) is 0.643. The maximum atomic E-state index is 11.3. The molecule has 138 valence electrons. The minimum Gasteiger partial charge on any atom is -0.497 e.